The van der Waals surface area contributed by atoms with E-state index in [9.17, 15) is 9.59 Å². The van der Waals surface area contributed by atoms with Gasteiger partial charge in [-0.15, -0.1) is 22.7 Å². The molecule has 2 N–H and O–H groups in total. The van der Waals surface area contributed by atoms with E-state index in [0.717, 1.165) is 16.1 Å². The highest BCUT2D eigenvalue weighted by Crippen LogP contribution is 2.28. The van der Waals surface area contributed by atoms with Crippen LogP contribution in [0.2, 0.25) is 0 Å². The molecule has 0 radical (unpaired) electrons. The molecule has 25 heavy (non-hydrogen) atoms. The Morgan fingerprint density at radius 3 is 2.80 bits per heavy atom. The lowest BCUT2D eigenvalue weighted by Gasteiger charge is -2.06. The molecule has 3 rings (SSSR count). The standard InChI is InChI=1S/C18H17N3O2S2/c1-12-4-2-5-13(10-12)17(23)19-8-7-16(22)21-18-20-14(11-25-18)15-6-3-9-24-15/h2-6,9-11H,7-8H2,1H3,(H,19,23)(H,20,21,22). The number of hydrogen-bond donors (Lipinski definition) is 2. The molecule has 0 aliphatic carbocycles. The highest BCUT2D eigenvalue weighted by atomic mass is 32.1. The van der Waals surface area contributed by atoms with Gasteiger partial charge in [0.25, 0.3) is 5.91 Å². The van der Waals surface area contributed by atoms with E-state index in [2.05, 4.69) is 15.6 Å². The second kappa shape index (κ2) is 8.04. The predicted octanol–water partition coefficient (Wildman–Crippen LogP) is 3.94. The quantitative estimate of drug-likeness (QED) is 0.689. The molecule has 1 aromatic carbocycles. The zero-order chi connectivity index (χ0) is 17.6. The molecule has 0 atom stereocenters. The van der Waals surface area contributed by atoms with E-state index in [4.69, 9.17) is 0 Å². The largest absolute Gasteiger partial charge is 0.352 e. The van der Waals surface area contributed by atoms with Crippen LogP contribution in [0.1, 0.15) is 22.3 Å². The van der Waals surface area contributed by atoms with Crippen LogP contribution >= 0.6 is 22.7 Å². The van der Waals surface area contributed by atoms with Crippen molar-refractivity contribution in [3.8, 4) is 10.6 Å². The highest BCUT2D eigenvalue weighted by Gasteiger charge is 2.10. The fourth-order valence-corrected chi connectivity index (χ4v) is 3.72. The number of anilines is 1. The number of carbonyl (C=O) groups is 2. The molecule has 128 valence electrons. The summed E-state index contributed by atoms with van der Waals surface area (Å²) in [6.45, 7) is 2.21. The van der Waals surface area contributed by atoms with Crippen molar-refractivity contribution < 1.29 is 9.59 Å². The molecule has 5 nitrogen and oxygen atoms in total. The molecule has 3 aromatic rings. The van der Waals surface area contributed by atoms with Crippen molar-refractivity contribution >= 4 is 39.6 Å². The van der Waals surface area contributed by atoms with Crippen LogP contribution in [0.5, 0.6) is 0 Å². The van der Waals surface area contributed by atoms with E-state index in [0.29, 0.717) is 10.7 Å². The number of thiophene rings is 1. The molecule has 0 aliphatic heterocycles. The van der Waals surface area contributed by atoms with Gasteiger partial charge in [-0.3, -0.25) is 9.59 Å². The van der Waals surface area contributed by atoms with Crippen LogP contribution in [0.3, 0.4) is 0 Å². The number of hydrogen-bond acceptors (Lipinski definition) is 5. The maximum absolute atomic E-state index is 12.0. The van der Waals surface area contributed by atoms with Gasteiger partial charge in [-0.1, -0.05) is 23.8 Å². The van der Waals surface area contributed by atoms with Crippen LogP contribution in [0.4, 0.5) is 5.13 Å². The van der Waals surface area contributed by atoms with Gasteiger partial charge in [0.2, 0.25) is 5.91 Å². The Hall–Kier alpha value is -2.51. The third-order valence-corrected chi connectivity index (χ3v) is 5.09. The summed E-state index contributed by atoms with van der Waals surface area (Å²) in [6, 6.07) is 11.3. The predicted molar refractivity (Wildman–Crippen MR) is 102 cm³/mol. The number of rotatable bonds is 6. The Labute approximate surface area is 153 Å². The third kappa shape index (κ3) is 4.74. The van der Waals surface area contributed by atoms with Crippen molar-refractivity contribution in [2.45, 2.75) is 13.3 Å². The summed E-state index contributed by atoms with van der Waals surface area (Å²) in [6.07, 6.45) is 0.200. The molecular weight excluding hydrogens is 354 g/mol. The van der Waals surface area contributed by atoms with Gasteiger partial charge in [0, 0.05) is 23.9 Å². The minimum Gasteiger partial charge on any atom is -0.352 e. The normalized spacial score (nSPS) is 10.4. The molecule has 2 amide bonds. The second-order valence-electron chi connectivity index (χ2n) is 5.44. The molecule has 0 fully saturated rings. The van der Waals surface area contributed by atoms with Crippen molar-refractivity contribution in [2.75, 3.05) is 11.9 Å². The number of aryl methyl sites for hydroxylation is 1. The summed E-state index contributed by atoms with van der Waals surface area (Å²) in [5, 5.41) is 10.00. The SMILES string of the molecule is Cc1cccc(C(=O)NCCC(=O)Nc2nc(-c3cccs3)cs2)c1. The average molecular weight is 371 g/mol. The molecule has 0 bridgehead atoms. The van der Waals surface area contributed by atoms with Crippen molar-refractivity contribution in [2.24, 2.45) is 0 Å². The van der Waals surface area contributed by atoms with Crippen LogP contribution in [-0.2, 0) is 4.79 Å². The third-order valence-electron chi connectivity index (χ3n) is 3.44. The second-order valence-corrected chi connectivity index (χ2v) is 7.24. The number of thiazole rings is 1. The minimum atomic E-state index is -0.175. The van der Waals surface area contributed by atoms with Gasteiger partial charge in [0.05, 0.1) is 10.6 Å². The first-order valence-electron chi connectivity index (χ1n) is 7.76. The van der Waals surface area contributed by atoms with Gasteiger partial charge in [-0.25, -0.2) is 4.98 Å². The van der Waals surface area contributed by atoms with E-state index in [1.165, 1.54) is 11.3 Å². The first-order valence-corrected chi connectivity index (χ1v) is 9.52. The molecule has 0 unspecified atom stereocenters. The summed E-state index contributed by atoms with van der Waals surface area (Å²) >= 11 is 3.00. The first kappa shape index (κ1) is 17.3. The molecule has 0 aliphatic rings. The van der Waals surface area contributed by atoms with Crippen molar-refractivity contribution in [1.82, 2.24) is 10.3 Å². The van der Waals surface area contributed by atoms with E-state index >= 15 is 0 Å². The Morgan fingerprint density at radius 2 is 2.04 bits per heavy atom. The van der Waals surface area contributed by atoms with Crippen LogP contribution in [-0.4, -0.2) is 23.3 Å². The van der Waals surface area contributed by atoms with Crippen LogP contribution in [0.25, 0.3) is 10.6 Å². The molecule has 0 saturated carbocycles. The van der Waals surface area contributed by atoms with Crippen LogP contribution in [0, 0.1) is 6.92 Å². The van der Waals surface area contributed by atoms with E-state index in [1.54, 1.807) is 17.4 Å². The molecular formula is C18H17N3O2S2. The maximum atomic E-state index is 12.0. The average Bonchev–Trinajstić information content (AvgIpc) is 3.26. The minimum absolute atomic E-state index is 0.170. The van der Waals surface area contributed by atoms with Gasteiger partial charge in [-0.2, -0.15) is 0 Å². The fourth-order valence-electron chi connectivity index (χ4n) is 2.23. The van der Waals surface area contributed by atoms with Crippen LogP contribution < -0.4 is 10.6 Å². The number of aromatic nitrogens is 1. The van der Waals surface area contributed by atoms with Gasteiger partial charge in [0.15, 0.2) is 5.13 Å². The number of benzene rings is 1. The lowest BCUT2D eigenvalue weighted by molar-refractivity contribution is -0.116. The van der Waals surface area contributed by atoms with Gasteiger partial charge in [0.1, 0.15) is 0 Å². The van der Waals surface area contributed by atoms with Gasteiger partial charge >= 0.3 is 0 Å². The smallest absolute Gasteiger partial charge is 0.251 e. The maximum Gasteiger partial charge on any atom is 0.251 e. The lowest BCUT2D eigenvalue weighted by Crippen LogP contribution is -2.27. The van der Waals surface area contributed by atoms with Crippen molar-refractivity contribution in [1.29, 1.82) is 0 Å². The molecule has 2 heterocycles. The zero-order valence-corrected chi connectivity index (χ0v) is 15.2. The van der Waals surface area contributed by atoms with Crippen molar-refractivity contribution in [3.05, 3.63) is 58.3 Å². The molecule has 0 spiro atoms. The lowest BCUT2D eigenvalue weighted by atomic mass is 10.1. The Bertz CT molecular complexity index is 872. The van der Waals surface area contributed by atoms with Crippen LogP contribution in [0.15, 0.2) is 47.2 Å². The van der Waals surface area contributed by atoms with Gasteiger partial charge < -0.3 is 10.6 Å². The Morgan fingerprint density at radius 1 is 1.16 bits per heavy atom. The Kier molecular flexibility index (Phi) is 5.57. The highest BCUT2D eigenvalue weighted by molar-refractivity contribution is 7.16. The number of nitrogens with one attached hydrogen (secondary N) is 2. The van der Waals surface area contributed by atoms with E-state index in [-0.39, 0.29) is 24.8 Å². The first-order chi connectivity index (χ1) is 12.1. The van der Waals surface area contributed by atoms with E-state index in [1.807, 2.05) is 48.0 Å². The van der Waals surface area contributed by atoms with Gasteiger partial charge in [-0.05, 0) is 30.5 Å². The summed E-state index contributed by atoms with van der Waals surface area (Å²) in [4.78, 5) is 29.5. The molecule has 2 aromatic heterocycles. The Balaban J connectivity index is 1.46. The molecule has 0 saturated heterocycles. The topological polar surface area (TPSA) is 71.1 Å². The number of carbonyl (C=O) groups excluding carboxylic acids is 2. The zero-order valence-electron chi connectivity index (χ0n) is 13.6. The summed E-state index contributed by atoms with van der Waals surface area (Å²) in [7, 11) is 0. The van der Waals surface area contributed by atoms with E-state index < -0.39 is 0 Å². The summed E-state index contributed by atoms with van der Waals surface area (Å²) < 4.78 is 0. The number of nitrogens with zero attached hydrogens (tertiary/aromatic N) is 1. The monoisotopic (exact) mass is 371 g/mol. The fraction of sp³-hybridized carbons (Fsp3) is 0.167. The molecule has 7 heteroatoms. The number of amides is 2. The summed E-state index contributed by atoms with van der Waals surface area (Å²) in [5.41, 5.74) is 2.49. The summed E-state index contributed by atoms with van der Waals surface area (Å²) in [5.74, 6) is -0.345. The van der Waals surface area contributed by atoms with Crippen molar-refractivity contribution in [3.63, 3.8) is 0 Å².